The molecule has 0 aliphatic rings. The Kier molecular flexibility index (Phi) is 9.30. The normalized spacial score (nSPS) is 10.8. The maximum absolute atomic E-state index is 12.1. The van der Waals surface area contributed by atoms with Crippen LogP contribution in [0.4, 0.5) is 10.5 Å². The predicted molar refractivity (Wildman–Crippen MR) is 115 cm³/mol. The predicted octanol–water partition coefficient (Wildman–Crippen LogP) is 3.13. The molecule has 8 heteroatoms. The van der Waals surface area contributed by atoms with Crippen molar-refractivity contribution in [2.75, 3.05) is 46.2 Å². The van der Waals surface area contributed by atoms with Gasteiger partial charge < -0.3 is 29.6 Å². The molecular formula is C21H33N5O3. The Bertz CT molecular complexity index is 761. The van der Waals surface area contributed by atoms with Gasteiger partial charge in [-0.15, -0.1) is 0 Å². The molecule has 0 unspecified atom stereocenters. The van der Waals surface area contributed by atoms with Crippen LogP contribution in [-0.4, -0.2) is 61.4 Å². The number of imidazole rings is 1. The molecule has 1 heterocycles. The van der Waals surface area contributed by atoms with Gasteiger partial charge in [0.1, 0.15) is 0 Å². The van der Waals surface area contributed by atoms with Gasteiger partial charge in [-0.3, -0.25) is 0 Å². The largest absolute Gasteiger partial charge is 0.493 e. The third-order valence-electron chi connectivity index (χ3n) is 4.46. The number of carbonyl (C=O) groups excluding carboxylic acids is 1. The molecule has 2 N–H and O–H groups in total. The number of hydrogen-bond acceptors (Lipinski definition) is 5. The Balaban J connectivity index is 1.73. The fourth-order valence-corrected chi connectivity index (χ4v) is 2.82. The fraction of sp³-hybridized carbons (Fsp3) is 0.524. The minimum Gasteiger partial charge on any atom is -0.493 e. The number of nitrogens with zero attached hydrogens (tertiary/aromatic N) is 3. The van der Waals surface area contributed by atoms with Crippen molar-refractivity contribution in [2.24, 2.45) is 0 Å². The Hall–Kier alpha value is -2.74. The van der Waals surface area contributed by atoms with Crippen LogP contribution < -0.4 is 20.1 Å². The Morgan fingerprint density at radius 3 is 2.72 bits per heavy atom. The molecule has 0 aliphatic heterocycles. The van der Waals surface area contributed by atoms with Crippen LogP contribution in [0.5, 0.6) is 11.5 Å². The standard InChI is InChI=1S/C21H33N5O3/c1-17-15-22-16-26(17)12-7-10-23-21(27)24-18-8-9-19(20(14-18)28-4)29-13-6-5-11-25(2)3/h8-9,14-16H,5-7,10-13H2,1-4H3,(H2,23,24,27). The molecule has 2 rings (SSSR count). The highest BCUT2D eigenvalue weighted by Crippen LogP contribution is 2.30. The number of aromatic nitrogens is 2. The summed E-state index contributed by atoms with van der Waals surface area (Å²) in [6.07, 6.45) is 6.50. The monoisotopic (exact) mass is 403 g/mol. The number of hydrogen-bond donors (Lipinski definition) is 2. The average molecular weight is 404 g/mol. The first-order valence-electron chi connectivity index (χ1n) is 9.96. The van der Waals surface area contributed by atoms with E-state index in [0.717, 1.165) is 38.0 Å². The lowest BCUT2D eigenvalue weighted by molar-refractivity contribution is 0.251. The number of aryl methyl sites for hydroxylation is 2. The molecule has 0 radical (unpaired) electrons. The van der Waals surface area contributed by atoms with Gasteiger partial charge in [0.2, 0.25) is 0 Å². The Morgan fingerprint density at radius 1 is 1.21 bits per heavy atom. The third-order valence-corrected chi connectivity index (χ3v) is 4.46. The first-order chi connectivity index (χ1) is 14.0. The van der Waals surface area contributed by atoms with E-state index < -0.39 is 0 Å². The van der Waals surface area contributed by atoms with Crippen LogP contribution in [0.15, 0.2) is 30.7 Å². The van der Waals surface area contributed by atoms with Crippen molar-refractivity contribution in [1.82, 2.24) is 19.8 Å². The number of unbranched alkanes of at least 4 members (excludes halogenated alkanes) is 1. The van der Waals surface area contributed by atoms with Crippen molar-refractivity contribution < 1.29 is 14.3 Å². The molecule has 1 aromatic heterocycles. The summed E-state index contributed by atoms with van der Waals surface area (Å²) in [6, 6.07) is 5.16. The van der Waals surface area contributed by atoms with E-state index in [2.05, 4.69) is 39.2 Å². The summed E-state index contributed by atoms with van der Waals surface area (Å²) in [6.45, 7) is 5.08. The zero-order valence-corrected chi connectivity index (χ0v) is 17.9. The highest BCUT2D eigenvalue weighted by atomic mass is 16.5. The van der Waals surface area contributed by atoms with Gasteiger partial charge >= 0.3 is 6.03 Å². The number of rotatable bonds is 12. The number of carbonyl (C=O) groups is 1. The molecular weight excluding hydrogens is 370 g/mol. The highest BCUT2D eigenvalue weighted by Gasteiger charge is 2.08. The van der Waals surface area contributed by atoms with Crippen LogP contribution in [0.3, 0.4) is 0 Å². The molecule has 0 spiro atoms. The van der Waals surface area contributed by atoms with E-state index in [1.807, 2.05) is 25.3 Å². The van der Waals surface area contributed by atoms with Crippen molar-refractivity contribution in [1.29, 1.82) is 0 Å². The molecule has 0 atom stereocenters. The average Bonchev–Trinajstić information content (AvgIpc) is 3.10. The second-order valence-corrected chi connectivity index (χ2v) is 7.19. The van der Waals surface area contributed by atoms with Crippen molar-refractivity contribution >= 4 is 11.7 Å². The summed E-state index contributed by atoms with van der Waals surface area (Å²) in [5.74, 6) is 1.28. The minimum atomic E-state index is -0.244. The van der Waals surface area contributed by atoms with Gasteiger partial charge in [0.25, 0.3) is 0 Å². The van der Waals surface area contributed by atoms with Gasteiger partial charge in [-0.1, -0.05) is 0 Å². The number of methoxy groups -OCH3 is 1. The SMILES string of the molecule is COc1cc(NC(=O)NCCCn2cncc2C)ccc1OCCCCN(C)C. The van der Waals surface area contributed by atoms with Gasteiger partial charge in [0, 0.05) is 36.7 Å². The summed E-state index contributed by atoms with van der Waals surface area (Å²) in [4.78, 5) is 18.4. The summed E-state index contributed by atoms with van der Waals surface area (Å²) < 4.78 is 13.3. The lowest BCUT2D eigenvalue weighted by Gasteiger charge is -2.14. The molecule has 0 saturated carbocycles. The second kappa shape index (κ2) is 12.0. The fourth-order valence-electron chi connectivity index (χ4n) is 2.82. The number of amides is 2. The van der Waals surface area contributed by atoms with E-state index in [4.69, 9.17) is 9.47 Å². The van der Waals surface area contributed by atoms with Crippen LogP contribution >= 0.6 is 0 Å². The Labute approximate surface area is 173 Å². The van der Waals surface area contributed by atoms with Crippen molar-refractivity contribution in [3.05, 3.63) is 36.4 Å². The van der Waals surface area contributed by atoms with Gasteiger partial charge in [0.15, 0.2) is 11.5 Å². The second-order valence-electron chi connectivity index (χ2n) is 7.19. The van der Waals surface area contributed by atoms with E-state index in [1.165, 1.54) is 0 Å². The topological polar surface area (TPSA) is 80.7 Å². The summed E-state index contributed by atoms with van der Waals surface area (Å²) in [5.41, 5.74) is 1.77. The van der Waals surface area contributed by atoms with E-state index in [-0.39, 0.29) is 6.03 Å². The first-order valence-corrected chi connectivity index (χ1v) is 9.96. The first kappa shape index (κ1) is 22.5. The Morgan fingerprint density at radius 2 is 2.03 bits per heavy atom. The number of urea groups is 1. The van der Waals surface area contributed by atoms with Crippen LogP contribution in [0.1, 0.15) is 25.0 Å². The lowest BCUT2D eigenvalue weighted by atomic mass is 10.2. The minimum absolute atomic E-state index is 0.244. The molecule has 1 aromatic carbocycles. The maximum Gasteiger partial charge on any atom is 0.319 e. The van der Waals surface area contributed by atoms with Crippen molar-refractivity contribution in [3.63, 3.8) is 0 Å². The van der Waals surface area contributed by atoms with Crippen molar-refractivity contribution in [2.45, 2.75) is 32.7 Å². The highest BCUT2D eigenvalue weighted by molar-refractivity contribution is 5.89. The number of nitrogens with one attached hydrogen (secondary N) is 2. The van der Waals surface area contributed by atoms with E-state index >= 15 is 0 Å². The zero-order chi connectivity index (χ0) is 21.1. The molecule has 2 aromatic rings. The summed E-state index contributed by atoms with van der Waals surface area (Å²) in [5, 5.41) is 5.69. The van der Waals surface area contributed by atoms with Crippen LogP contribution in [0.2, 0.25) is 0 Å². The molecule has 8 nitrogen and oxygen atoms in total. The van der Waals surface area contributed by atoms with E-state index in [0.29, 0.717) is 30.3 Å². The van der Waals surface area contributed by atoms with Gasteiger partial charge in [-0.2, -0.15) is 0 Å². The number of anilines is 1. The molecule has 0 fully saturated rings. The van der Waals surface area contributed by atoms with Crippen LogP contribution in [0, 0.1) is 6.92 Å². The van der Waals surface area contributed by atoms with E-state index in [1.54, 1.807) is 19.5 Å². The quantitative estimate of drug-likeness (QED) is 0.532. The summed E-state index contributed by atoms with van der Waals surface area (Å²) >= 11 is 0. The van der Waals surface area contributed by atoms with Crippen LogP contribution in [-0.2, 0) is 6.54 Å². The van der Waals surface area contributed by atoms with Crippen molar-refractivity contribution in [3.8, 4) is 11.5 Å². The van der Waals surface area contributed by atoms with Gasteiger partial charge in [0.05, 0.1) is 20.0 Å². The van der Waals surface area contributed by atoms with E-state index in [9.17, 15) is 4.79 Å². The maximum atomic E-state index is 12.1. The number of ether oxygens (including phenoxy) is 2. The molecule has 0 bridgehead atoms. The molecule has 2 amide bonds. The van der Waals surface area contributed by atoms with Gasteiger partial charge in [-0.05, 0) is 59.0 Å². The molecule has 0 aliphatic carbocycles. The zero-order valence-electron chi connectivity index (χ0n) is 17.9. The summed E-state index contributed by atoms with van der Waals surface area (Å²) in [7, 11) is 5.72. The lowest BCUT2D eigenvalue weighted by Crippen LogP contribution is -2.30. The number of benzene rings is 1. The molecule has 29 heavy (non-hydrogen) atoms. The van der Waals surface area contributed by atoms with Gasteiger partial charge in [-0.25, -0.2) is 9.78 Å². The smallest absolute Gasteiger partial charge is 0.319 e. The molecule has 0 saturated heterocycles. The molecule has 160 valence electrons. The third kappa shape index (κ3) is 8.03. The van der Waals surface area contributed by atoms with Crippen LogP contribution in [0.25, 0.3) is 0 Å².